The number of rotatable bonds is 8. The zero-order chi connectivity index (χ0) is 19.9. The molecule has 5 heteroatoms. The van der Waals surface area contributed by atoms with E-state index in [2.05, 4.69) is 17.2 Å². The van der Waals surface area contributed by atoms with E-state index >= 15 is 0 Å². The number of anilines is 1. The van der Waals surface area contributed by atoms with Crippen LogP contribution in [-0.2, 0) is 11.2 Å². The average molecular weight is 393 g/mol. The molecule has 0 unspecified atom stereocenters. The number of amides is 1. The van der Waals surface area contributed by atoms with Crippen molar-refractivity contribution in [2.75, 3.05) is 5.32 Å². The monoisotopic (exact) mass is 392 g/mol. The number of carbonyl (C=O) groups excluding carboxylic acids is 2. The highest BCUT2D eigenvalue weighted by Gasteiger charge is 2.15. The van der Waals surface area contributed by atoms with Gasteiger partial charge in [0, 0.05) is 28.8 Å². The molecule has 0 fully saturated rings. The van der Waals surface area contributed by atoms with Gasteiger partial charge in [-0.05, 0) is 13.3 Å². The van der Waals surface area contributed by atoms with Gasteiger partial charge in [-0.3, -0.25) is 9.59 Å². The van der Waals surface area contributed by atoms with E-state index in [9.17, 15) is 9.59 Å². The Labute approximate surface area is 169 Å². The van der Waals surface area contributed by atoms with Gasteiger partial charge >= 0.3 is 0 Å². The zero-order valence-corrected chi connectivity index (χ0v) is 17.0. The summed E-state index contributed by atoms with van der Waals surface area (Å²) < 4.78 is 0. The molecule has 1 N–H and O–H groups in total. The van der Waals surface area contributed by atoms with Crippen LogP contribution in [0.1, 0.15) is 47.0 Å². The van der Waals surface area contributed by atoms with Crippen LogP contribution in [0.5, 0.6) is 0 Å². The van der Waals surface area contributed by atoms with Crippen LogP contribution in [0, 0.1) is 6.92 Å². The van der Waals surface area contributed by atoms with E-state index < -0.39 is 0 Å². The number of nitrogens with one attached hydrogen (secondary N) is 1. The number of benzene rings is 2. The van der Waals surface area contributed by atoms with Crippen molar-refractivity contribution < 1.29 is 9.59 Å². The Hall–Kier alpha value is -2.79. The fraction of sp³-hybridized carbons (Fsp3) is 0.261. The Morgan fingerprint density at radius 1 is 1.00 bits per heavy atom. The first-order valence-corrected chi connectivity index (χ1v) is 10.3. The number of aromatic nitrogens is 1. The van der Waals surface area contributed by atoms with Crippen LogP contribution in [0.3, 0.4) is 0 Å². The first kappa shape index (κ1) is 20.0. The quantitative estimate of drug-likeness (QED) is 0.502. The molecule has 0 radical (unpaired) electrons. The summed E-state index contributed by atoms with van der Waals surface area (Å²) in [6, 6.07) is 17.4. The van der Waals surface area contributed by atoms with Crippen LogP contribution in [-0.4, -0.2) is 16.7 Å². The van der Waals surface area contributed by atoms with Gasteiger partial charge in [0.25, 0.3) is 0 Å². The fourth-order valence-corrected chi connectivity index (χ4v) is 4.02. The number of Topliss-reactive ketones (excluding diaryl/α,β-unsaturated/α-hetero) is 1. The summed E-state index contributed by atoms with van der Waals surface area (Å²) in [4.78, 5) is 30.4. The van der Waals surface area contributed by atoms with Gasteiger partial charge in [0.05, 0.1) is 5.69 Å². The molecule has 0 bridgehead atoms. The van der Waals surface area contributed by atoms with Crippen molar-refractivity contribution in [2.45, 2.75) is 39.5 Å². The molecule has 2 aromatic carbocycles. The first-order valence-electron chi connectivity index (χ1n) is 9.51. The SMILES string of the molecule is CCCc1sc(NC(=O)CCC(=O)c2ccc(C)cc2)nc1-c1ccccc1. The number of hydrogen-bond acceptors (Lipinski definition) is 4. The van der Waals surface area contributed by atoms with Crippen molar-refractivity contribution in [3.8, 4) is 11.3 Å². The lowest BCUT2D eigenvalue weighted by Crippen LogP contribution is -2.13. The number of nitrogens with zero attached hydrogens (tertiary/aromatic N) is 1. The van der Waals surface area contributed by atoms with E-state index in [-0.39, 0.29) is 24.5 Å². The van der Waals surface area contributed by atoms with Crippen molar-refractivity contribution in [3.05, 3.63) is 70.6 Å². The highest BCUT2D eigenvalue weighted by molar-refractivity contribution is 7.16. The van der Waals surface area contributed by atoms with Gasteiger partial charge in [-0.1, -0.05) is 73.5 Å². The number of hydrogen-bond donors (Lipinski definition) is 1. The van der Waals surface area contributed by atoms with Gasteiger partial charge in [0.15, 0.2) is 10.9 Å². The van der Waals surface area contributed by atoms with Gasteiger partial charge in [-0.2, -0.15) is 0 Å². The second kappa shape index (κ2) is 9.42. The van der Waals surface area contributed by atoms with Gasteiger partial charge in [-0.15, -0.1) is 11.3 Å². The summed E-state index contributed by atoms with van der Waals surface area (Å²) >= 11 is 1.51. The Kier molecular flexibility index (Phi) is 6.71. The molecule has 28 heavy (non-hydrogen) atoms. The molecule has 0 aliphatic heterocycles. The molecule has 0 aliphatic rings. The highest BCUT2D eigenvalue weighted by Crippen LogP contribution is 2.32. The minimum Gasteiger partial charge on any atom is -0.302 e. The smallest absolute Gasteiger partial charge is 0.226 e. The third-order valence-electron chi connectivity index (χ3n) is 4.42. The molecule has 0 aliphatic carbocycles. The van der Waals surface area contributed by atoms with Crippen LogP contribution < -0.4 is 5.32 Å². The summed E-state index contributed by atoms with van der Waals surface area (Å²) in [6.07, 6.45) is 2.27. The van der Waals surface area contributed by atoms with Crippen molar-refractivity contribution >= 4 is 28.2 Å². The van der Waals surface area contributed by atoms with Gasteiger partial charge in [-0.25, -0.2) is 4.98 Å². The molecule has 1 aromatic heterocycles. The Bertz CT molecular complexity index is 946. The average Bonchev–Trinajstić information content (AvgIpc) is 3.10. The second-order valence-electron chi connectivity index (χ2n) is 6.74. The molecule has 3 rings (SSSR count). The lowest BCUT2D eigenvalue weighted by molar-refractivity contribution is -0.116. The second-order valence-corrected chi connectivity index (χ2v) is 7.83. The van der Waals surface area contributed by atoms with E-state index in [4.69, 9.17) is 0 Å². The number of thiazole rings is 1. The van der Waals surface area contributed by atoms with E-state index in [1.54, 1.807) is 12.1 Å². The maximum absolute atomic E-state index is 12.3. The molecule has 0 saturated carbocycles. The van der Waals surface area contributed by atoms with Crippen LogP contribution in [0.15, 0.2) is 54.6 Å². The van der Waals surface area contributed by atoms with Crippen molar-refractivity contribution in [1.29, 1.82) is 0 Å². The van der Waals surface area contributed by atoms with E-state index in [1.165, 1.54) is 16.2 Å². The number of aryl methyl sites for hydroxylation is 2. The minimum atomic E-state index is -0.183. The van der Waals surface area contributed by atoms with Crippen molar-refractivity contribution in [1.82, 2.24) is 4.98 Å². The van der Waals surface area contributed by atoms with Crippen LogP contribution in [0.4, 0.5) is 5.13 Å². The predicted octanol–water partition coefficient (Wildman–Crippen LogP) is 5.67. The normalized spacial score (nSPS) is 10.6. The minimum absolute atomic E-state index is 0.0223. The Balaban J connectivity index is 1.63. The number of ketones is 1. The zero-order valence-electron chi connectivity index (χ0n) is 16.2. The Morgan fingerprint density at radius 3 is 2.39 bits per heavy atom. The van der Waals surface area contributed by atoms with Crippen LogP contribution in [0.2, 0.25) is 0 Å². The molecular weight excluding hydrogens is 368 g/mol. The summed E-state index contributed by atoms with van der Waals surface area (Å²) in [5.74, 6) is -0.206. The van der Waals surface area contributed by atoms with Gasteiger partial charge < -0.3 is 5.32 Å². The predicted molar refractivity (Wildman–Crippen MR) is 115 cm³/mol. The summed E-state index contributed by atoms with van der Waals surface area (Å²) in [7, 11) is 0. The first-order chi connectivity index (χ1) is 13.6. The van der Waals surface area contributed by atoms with E-state index in [0.29, 0.717) is 10.7 Å². The molecule has 3 aromatic rings. The molecule has 1 heterocycles. The number of carbonyl (C=O) groups is 2. The van der Waals surface area contributed by atoms with Gasteiger partial charge in [0.2, 0.25) is 5.91 Å². The lowest BCUT2D eigenvalue weighted by Gasteiger charge is -2.03. The third-order valence-corrected chi connectivity index (χ3v) is 5.45. The molecule has 1 amide bonds. The molecule has 144 valence electrons. The van der Waals surface area contributed by atoms with E-state index in [0.717, 1.165) is 29.7 Å². The standard InChI is InChI=1S/C23H24N2O2S/c1-3-7-20-22(18-8-5-4-6-9-18)25-23(28-20)24-21(27)15-14-19(26)17-12-10-16(2)11-13-17/h4-6,8-13H,3,7,14-15H2,1-2H3,(H,24,25,27). The Morgan fingerprint density at radius 2 is 1.71 bits per heavy atom. The lowest BCUT2D eigenvalue weighted by atomic mass is 10.1. The van der Waals surface area contributed by atoms with Gasteiger partial charge in [0.1, 0.15) is 0 Å². The van der Waals surface area contributed by atoms with Crippen molar-refractivity contribution in [2.24, 2.45) is 0 Å². The van der Waals surface area contributed by atoms with Crippen LogP contribution >= 0.6 is 11.3 Å². The molecule has 0 atom stereocenters. The highest BCUT2D eigenvalue weighted by atomic mass is 32.1. The molecule has 0 saturated heterocycles. The maximum Gasteiger partial charge on any atom is 0.226 e. The molecule has 0 spiro atoms. The summed E-state index contributed by atoms with van der Waals surface area (Å²) in [5.41, 5.74) is 3.73. The fourth-order valence-electron chi connectivity index (χ4n) is 2.92. The van der Waals surface area contributed by atoms with E-state index in [1.807, 2.05) is 49.4 Å². The summed E-state index contributed by atoms with van der Waals surface area (Å²) in [5, 5.41) is 3.46. The molecular formula is C23H24N2O2S. The maximum atomic E-state index is 12.3. The molecule has 4 nitrogen and oxygen atoms in total. The summed E-state index contributed by atoms with van der Waals surface area (Å²) in [6.45, 7) is 4.11. The third kappa shape index (κ3) is 5.14. The van der Waals surface area contributed by atoms with Crippen LogP contribution in [0.25, 0.3) is 11.3 Å². The van der Waals surface area contributed by atoms with Crippen molar-refractivity contribution in [3.63, 3.8) is 0 Å². The largest absolute Gasteiger partial charge is 0.302 e. The topological polar surface area (TPSA) is 59.1 Å².